The first-order valence-electron chi connectivity index (χ1n) is 6.76. The molecule has 2 aromatic rings. The number of aliphatic hydroxyl groups is 1. The molecule has 0 saturated heterocycles. The van der Waals surface area contributed by atoms with Gasteiger partial charge in [0.1, 0.15) is 0 Å². The zero-order valence-corrected chi connectivity index (χ0v) is 12.9. The van der Waals surface area contributed by atoms with Gasteiger partial charge in [-0.05, 0) is 76.2 Å². The second-order valence-corrected chi connectivity index (χ2v) is 6.48. The second kappa shape index (κ2) is 5.63. The van der Waals surface area contributed by atoms with E-state index in [1.54, 1.807) is 0 Å². The summed E-state index contributed by atoms with van der Waals surface area (Å²) in [5.41, 5.74) is 5.22. The molecule has 1 unspecified atom stereocenters. The second-order valence-electron chi connectivity index (χ2n) is 5.23. The maximum absolute atomic E-state index is 10.3. The topological polar surface area (TPSA) is 20.2 Å². The highest BCUT2D eigenvalue weighted by Crippen LogP contribution is 2.26. The van der Waals surface area contributed by atoms with E-state index in [0.717, 1.165) is 5.56 Å². The summed E-state index contributed by atoms with van der Waals surface area (Å²) < 4.78 is 1.17. The molecule has 1 aliphatic carbocycles. The molecule has 0 radical (unpaired) electrons. The average molecular weight is 364 g/mol. The van der Waals surface area contributed by atoms with Gasteiger partial charge < -0.3 is 5.11 Å². The molecule has 0 bridgehead atoms. The molecule has 1 N–H and O–H groups in total. The first-order valence-corrected chi connectivity index (χ1v) is 7.84. The van der Waals surface area contributed by atoms with Gasteiger partial charge in [0.25, 0.3) is 0 Å². The van der Waals surface area contributed by atoms with Crippen LogP contribution >= 0.6 is 22.6 Å². The first kappa shape index (κ1) is 13.1. The van der Waals surface area contributed by atoms with Crippen molar-refractivity contribution < 1.29 is 5.11 Å². The van der Waals surface area contributed by atoms with Crippen LogP contribution in [0.4, 0.5) is 0 Å². The standard InChI is InChI=1S/C17H17IO/c18-16-6-2-5-15(11-16)17(19)10-12-7-8-13-3-1-4-14(13)9-12/h2,5-9,11,17,19H,1,3-4,10H2. The molecule has 0 aromatic heterocycles. The fraction of sp³-hybridized carbons (Fsp3) is 0.294. The molecule has 0 aliphatic heterocycles. The molecule has 0 saturated carbocycles. The van der Waals surface area contributed by atoms with Crippen molar-refractivity contribution in [3.63, 3.8) is 0 Å². The fourth-order valence-corrected chi connectivity index (χ4v) is 3.37. The van der Waals surface area contributed by atoms with E-state index in [-0.39, 0.29) is 0 Å². The zero-order valence-electron chi connectivity index (χ0n) is 10.8. The van der Waals surface area contributed by atoms with Gasteiger partial charge in [-0.15, -0.1) is 0 Å². The van der Waals surface area contributed by atoms with Crippen LogP contribution < -0.4 is 0 Å². The van der Waals surface area contributed by atoms with Gasteiger partial charge in [0, 0.05) is 9.99 Å². The molecule has 2 heteroatoms. The van der Waals surface area contributed by atoms with Gasteiger partial charge in [-0.2, -0.15) is 0 Å². The third-order valence-electron chi connectivity index (χ3n) is 3.83. The SMILES string of the molecule is OC(Cc1ccc2c(c1)CCC2)c1cccc(I)c1. The van der Waals surface area contributed by atoms with Gasteiger partial charge >= 0.3 is 0 Å². The molecule has 98 valence electrons. The predicted octanol–water partition coefficient (Wildman–Crippen LogP) is 4.06. The Kier molecular flexibility index (Phi) is 3.89. The summed E-state index contributed by atoms with van der Waals surface area (Å²) in [6.07, 6.45) is 3.98. The number of hydrogen-bond donors (Lipinski definition) is 1. The van der Waals surface area contributed by atoms with E-state index in [1.165, 1.54) is 39.5 Å². The summed E-state index contributed by atoms with van der Waals surface area (Å²) in [7, 11) is 0. The predicted molar refractivity (Wildman–Crippen MR) is 86.3 cm³/mol. The van der Waals surface area contributed by atoms with Crippen LogP contribution in [-0.2, 0) is 19.3 Å². The van der Waals surface area contributed by atoms with Crippen LogP contribution in [0, 0.1) is 3.57 Å². The van der Waals surface area contributed by atoms with Crippen molar-refractivity contribution in [2.45, 2.75) is 31.8 Å². The average Bonchev–Trinajstić information content (AvgIpc) is 2.86. The van der Waals surface area contributed by atoms with Gasteiger partial charge in [0.2, 0.25) is 0 Å². The number of fused-ring (bicyclic) bond motifs is 1. The molecule has 0 spiro atoms. The lowest BCUT2D eigenvalue weighted by atomic mass is 9.98. The van der Waals surface area contributed by atoms with E-state index in [1.807, 2.05) is 18.2 Å². The minimum absolute atomic E-state index is 0.408. The molecular weight excluding hydrogens is 347 g/mol. The minimum atomic E-state index is -0.408. The maximum atomic E-state index is 10.3. The lowest BCUT2D eigenvalue weighted by Gasteiger charge is -2.12. The van der Waals surface area contributed by atoms with Crippen LogP contribution in [0.2, 0.25) is 0 Å². The number of halogens is 1. The Morgan fingerprint density at radius 2 is 1.89 bits per heavy atom. The fourth-order valence-electron chi connectivity index (χ4n) is 2.81. The smallest absolute Gasteiger partial charge is 0.0830 e. The summed E-state index contributed by atoms with van der Waals surface area (Å²) in [5.74, 6) is 0. The Hall–Kier alpha value is -0.870. The van der Waals surface area contributed by atoms with E-state index in [9.17, 15) is 5.11 Å². The van der Waals surface area contributed by atoms with Crippen LogP contribution in [0.3, 0.4) is 0 Å². The largest absolute Gasteiger partial charge is 0.388 e. The third-order valence-corrected chi connectivity index (χ3v) is 4.50. The molecule has 1 nitrogen and oxygen atoms in total. The summed E-state index contributed by atoms with van der Waals surface area (Å²) in [4.78, 5) is 0. The Balaban J connectivity index is 1.77. The Morgan fingerprint density at radius 3 is 2.74 bits per heavy atom. The van der Waals surface area contributed by atoms with E-state index in [2.05, 4.69) is 46.9 Å². The van der Waals surface area contributed by atoms with Crippen molar-refractivity contribution >= 4 is 22.6 Å². The third kappa shape index (κ3) is 3.00. The first-order chi connectivity index (χ1) is 9.22. The highest BCUT2D eigenvalue weighted by atomic mass is 127. The van der Waals surface area contributed by atoms with Crippen LogP contribution in [-0.4, -0.2) is 5.11 Å². The summed E-state index contributed by atoms with van der Waals surface area (Å²) >= 11 is 2.28. The molecule has 19 heavy (non-hydrogen) atoms. The summed E-state index contributed by atoms with van der Waals surface area (Å²) in [6, 6.07) is 14.8. The molecule has 1 atom stereocenters. The van der Waals surface area contributed by atoms with Crippen LogP contribution in [0.5, 0.6) is 0 Å². The number of aliphatic hydroxyl groups excluding tert-OH is 1. The van der Waals surface area contributed by atoms with E-state index in [4.69, 9.17) is 0 Å². The molecule has 0 fully saturated rings. The lowest BCUT2D eigenvalue weighted by Crippen LogP contribution is -2.02. The van der Waals surface area contributed by atoms with Crippen molar-refractivity contribution in [3.8, 4) is 0 Å². The Morgan fingerprint density at radius 1 is 1.05 bits per heavy atom. The van der Waals surface area contributed by atoms with Gasteiger partial charge in [-0.1, -0.05) is 30.3 Å². The lowest BCUT2D eigenvalue weighted by molar-refractivity contribution is 0.178. The van der Waals surface area contributed by atoms with Crippen molar-refractivity contribution in [2.75, 3.05) is 0 Å². The minimum Gasteiger partial charge on any atom is -0.388 e. The molecule has 1 aliphatic rings. The number of benzene rings is 2. The maximum Gasteiger partial charge on any atom is 0.0830 e. The summed E-state index contributed by atoms with van der Waals surface area (Å²) in [5, 5.41) is 10.3. The van der Waals surface area contributed by atoms with Crippen LogP contribution in [0.25, 0.3) is 0 Å². The van der Waals surface area contributed by atoms with Crippen molar-refractivity contribution in [1.29, 1.82) is 0 Å². The highest BCUT2D eigenvalue weighted by molar-refractivity contribution is 14.1. The number of rotatable bonds is 3. The van der Waals surface area contributed by atoms with Crippen LogP contribution in [0.1, 0.15) is 34.8 Å². The molecule has 3 rings (SSSR count). The summed E-state index contributed by atoms with van der Waals surface area (Å²) in [6.45, 7) is 0. The van der Waals surface area contributed by atoms with Gasteiger partial charge in [0.05, 0.1) is 6.10 Å². The van der Waals surface area contributed by atoms with E-state index in [0.29, 0.717) is 6.42 Å². The number of hydrogen-bond acceptors (Lipinski definition) is 1. The van der Waals surface area contributed by atoms with E-state index >= 15 is 0 Å². The van der Waals surface area contributed by atoms with E-state index < -0.39 is 6.10 Å². The number of aryl methyl sites for hydroxylation is 2. The Labute approximate surface area is 127 Å². The van der Waals surface area contributed by atoms with Gasteiger partial charge in [-0.25, -0.2) is 0 Å². The quantitative estimate of drug-likeness (QED) is 0.815. The zero-order chi connectivity index (χ0) is 13.2. The van der Waals surface area contributed by atoms with Gasteiger partial charge in [0.15, 0.2) is 0 Å². The monoisotopic (exact) mass is 364 g/mol. The molecule has 0 heterocycles. The molecular formula is C17H17IO. The Bertz CT molecular complexity index is 592. The molecule has 2 aromatic carbocycles. The normalized spacial score (nSPS) is 15.3. The highest BCUT2D eigenvalue weighted by Gasteiger charge is 2.13. The van der Waals surface area contributed by atoms with Gasteiger partial charge in [-0.3, -0.25) is 0 Å². The van der Waals surface area contributed by atoms with Crippen molar-refractivity contribution in [2.24, 2.45) is 0 Å². The van der Waals surface area contributed by atoms with Crippen molar-refractivity contribution in [3.05, 3.63) is 68.3 Å². The van der Waals surface area contributed by atoms with Crippen LogP contribution in [0.15, 0.2) is 42.5 Å². The van der Waals surface area contributed by atoms with Crippen molar-refractivity contribution in [1.82, 2.24) is 0 Å². The molecule has 0 amide bonds.